The molecule has 104 valence electrons. The summed E-state index contributed by atoms with van der Waals surface area (Å²) < 4.78 is 5.44. The Morgan fingerprint density at radius 2 is 2.32 bits per heavy atom. The van der Waals surface area contributed by atoms with Gasteiger partial charge in [-0.05, 0) is 42.9 Å². The molecule has 19 heavy (non-hydrogen) atoms. The summed E-state index contributed by atoms with van der Waals surface area (Å²) in [4.78, 5) is 12.2. The largest absolute Gasteiger partial charge is 0.462 e. The Bertz CT molecular complexity index is 442. The van der Waals surface area contributed by atoms with Crippen molar-refractivity contribution in [3.63, 3.8) is 0 Å². The van der Waals surface area contributed by atoms with Gasteiger partial charge in [0.1, 0.15) is 0 Å². The lowest BCUT2D eigenvalue weighted by Crippen LogP contribution is -2.18. The highest BCUT2D eigenvalue weighted by Gasteiger charge is 2.18. The fraction of sp³-hybridized carbons (Fsp3) is 0.562. The molecule has 0 fully saturated rings. The van der Waals surface area contributed by atoms with Crippen molar-refractivity contribution in [2.24, 2.45) is 5.92 Å². The molecule has 0 bridgehead atoms. The smallest absolute Gasteiger partial charge is 0.338 e. The van der Waals surface area contributed by atoms with Crippen LogP contribution in [0.2, 0.25) is 0 Å². The third kappa shape index (κ3) is 3.49. The molecule has 0 aromatic heterocycles. The summed E-state index contributed by atoms with van der Waals surface area (Å²) in [6.45, 7) is 5.78. The van der Waals surface area contributed by atoms with Crippen LogP contribution in [-0.4, -0.2) is 19.1 Å². The van der Waals surface area contributed by atoms with Crippen molar-refractivity contribution in [3.05, 3.63) is 29.3 Å². The molecule has 0 amide bonds. The molecular formula is C16H23NO2. The molecule has 1 N–H and O–H groups in total. The maximum atomic E-state index is 12.2. The molecule has 1 unspecified atom stereocenters. The number of rotatable bonds is 5. The van der Waals surface area contributed by atoms with Gasteiger partial charge in [0.25, 0.3) is 0 Å². The first-order valence-electron chi connectivity index (χ1n) is 7.25. The average Bonchev–Trinajstić information content (AvgIpc) is 2.44. The van der Waals surface area contributed by atoms with Crippen LogP contribution in [0, 0.1) is 5.92 Å². The third-order valence-electron chi connectivity index (χ3n) is 3.60. The summed E-state index contributed by atoms with van der Waals surface area (Å²) in [6, 6.07) is 5.83. The second-order valence-corrected chi connectivity index (χ2v) is 5.35. The van der Waals surface area contributed by atoms with E-state index in [-0.39, 0.29) is 5.97 Å². The Labute approximate surface area is 115 Å². The molecule has 1 aromatic rings. The summed E-state index contributed by atoms with van der Waals surface area (Å²) in [5, 5.41) is 3.34. The number of carbonyl (C=O) groups excluding carboxylic acids is 1. The minimum atomic E-state index is -0.177. The number of esters is 1. The van der Waals surface area contributed by atoms with Crippen LogP contribution in [0.15, 0.2) is 18.2 Å². The van der Waals surface area contributed by atoms with E-state index in [2.05, 4.69) is 19.2 Å². The zero-order valence-corrected chi connectivity index (χ0v) is 11.9. The van der Waals surface area contributed by atoms with E-state index in [4.69, 9.17) is 4.74 Å². The fourth-order valence-corrected chi connectivity index (χ4v) is 2.57. The summed E-state index contributed by atoms with van der Waals surface area (Å²) in [7, 11) is 0. The van der Waals surface area contributed by atoms with E-state index in [0.717, 1.165) is 49.0 Å². The number of nitrogens with one attached hydrogen (secondary N) is 1. The molecule has 2 rings (SSSR count). The van der Waals surface area contributed by atoms with Crippen molar-refractivity contribution in [2.75, 3.05) is 18.5 Å². The Morgan fingerprint density at radius 1 is 1.47 bits per heavy atom. The number of carbonyl (C=O) groups is 1. The molecule has 1 atom stereocenters. The van der Waals surface area contributed by atoms with Gasteiger partial charge in [-0.3, -0.25) is 0 Å². The number of ether oxygens (including phenoxy) is 1. The highest BCUT2D eigenvalue weighted by atomic mass is 16.5. The molecule has 1 aromatic carbocycles. The normalized spacial score (nSPS) is 15.3. The van der Waals surface area contributed by atoms with Gasteiger partial charge in [-0.25, -0.2) is 4.79 Å². The van der Waals surface area contributed by atoms with E-state index in [1.165, 1.54) is 0 Å². The topological polar surface area (TPSA) is 38.3 Å². The quantitative estimate of drug-likeness (QED) is 0.822. The molecule has 1 heterocycles. The molecule has 1 aliphatic rings. The molecule has 0 saturated carbocycles. The van der Waals surface area contributed by atoms with E-state index in [0.29, 0.717) is 12.5 Å². The maximum absolute atomic E-state index is 12.2. The van der Waals surface area contributed by atoms with Gasteiger partial charge in [0, 0.05) is 12.2 Å². The predicted octanol–water partition coefficient (Wildman–Crippen LogP) is 3.64. The first-order chi connectivity index (χ1) is 9.22. The van der Waals surface area contributed by atoms with Crippen LogP contribution in [0.1, 0.15) is 49.0 Å². The van der Waals surface area contributed by atoms with Crippen molar-refractivity contribution >= 4 is 11.7 Å². The number of hydrogen-bond acceptors (Lipinski definition) is 3. The van der Waals surface area contributed by atoms with Gasteiger partial charge in [0.15, 0.2) is 0 Å². The van der Waals surface area contributed by atoms with Crippen molar-refractivity contribution in [1.82, 2.24) is 0 Å². The standard InChI is InChI=1S/C16H23NO2/c1-3-6-12(2)11-19-16(18)14-7-4-9-15-13(14)8-5-10-17-15/h4,7,9,12,17H,3,5-6,8,10-11H2,1-2H3. The minimum absolute atomic E-state index is 0.177. The van der Waals surface area contributed by atoms with Crippen LogP contribution in [0.4, 0.5) is 5.69 Å². The Kier molecular flexibility index (Phi) is 4.83. The maximum Gasteiger partial charge on any atom is 0.338 e. The second kappa shape index (κ2) is 6.60. The Hall–Kier alpha value is -1.51. The van der Waals surface area contributed by atoms with Gasteiger partial charge in [-0.1, -0.05) is 26.3 Å². The van der Waals surface area contributed by atoms with E-state index >= 15 is 0 Å². The summed E-state index contributed by atoms with van der Waals surface area (Å²) >= 11 is 0. The monoisotopic (exact) mass is 261 g/mol. The van der Waals surface area contributed by atoms with Crippen molar-refractivity contribution < 1.29 is 9.53 Å². The van der Waals surface area contributed by atoms with E-state index in [9.17, 15) is 4.79 Å². The molecule has 0 saturated heterocycles. The second-order valence-electron chi connectivity index (χ2n) is 5.35. The minimum Gasteiger partial charge on any atom is -0.462 e. The van der Waals surface area contributed by atoms with Crippen molar-refractivity contribution in [1.29, 1.82) is 0 Å². The molecule has 3 nitrogen and oxygen atoms in total. The van der Waals surface area contributed by atoms with Crippen LogP contribution < -0.4 is 5.32 Å². The SMILES string of the molecule is CCCC(C)COC(=O)c1cccc2c1CCCN2. The van der Waals surface area contributed by atoms with Gasteiger partial charge >= 0.3 is 5.97 Å². The van der Waals surface area contributed by atoms with E-state index in [1.54, 1.807) is 0 Å². The van der Waals surface area contributed by atoms with E-state index < -0.39 is 0 Å². The average molecular weight is 261 g/mol. The van der Waals surface area contributed by atoms with Crippen LogP contribution in [0.25, 0.3) is 0 Å². The zero-order chi connectivity index (χ0) is 13.7. The van der Waals surface area contributed by atoms with Gasteiger partial charge in [-0.2, -0.15) is 0 Å². The van der Waals surface area contributed by atoms with Crippen molar-refractivity contribution in [3.8, 4) is 0 Å². The number of hydrogen-bond donors (Lipinski definition) is 1. The van der Waals surface area contributed by atoms with Crippen LogP contribution in [0.5, 0.6) is 0 Å². The number of benzene rings is 1. The van der Waals surface area contributed by atoms with Crippen molar-refractivity contribution in [2.45, 2.75) is 39.5 Å². The third-order valence-corrected chi connectivity index (χ3v) is 3.60. The predicted molar refractivity (Wildman–Crippen MR) is 77.6 cm³/mol. The highest BCUT2D eigenvalue weighted by Crippen LogP contribution is 2.25. The lowest BCUT2D eigenvalue weighted by molar-refractivity contribution is 0.0442. The number of anilines is 1. The molecule has 0 radical (unpaired) electrons. The summed E-state index contributed by atoms with van der Waals surface area (Å²) in [5.41, 5.74) is 2.93. The van der Waals surface area contributed by atoms with Gasteiger partial charge in [0.2, 0.25) is 0 Å². The lowest BCUT2D eigenvalue weighted by atomic mass is 9.97. The molecule has 1 aliphatic heterocycles. The first-order valence-corrected chi connectivity index (χ1v) is 7.25. The molecular weight excluding hydrogens is 238 g/mol. The van der Waals surface area contributed by atoms with Crippen LogP contribution in [0.3, 0.4) is 0 Å². The van der Waals surface area contributed by atoms with Crippen LogP contribution >= 0.6 is 0 Å². The molecule has 0 aliphatic carbocycles. The van der Waals surface area contributed by atoms with Gasteiger partial charge < -0.3 is 10.1 Å². The lowest BCUT2D eigenvalue weighted by Gasteiger charge is -2.20. The highest BCUT2D eigenvalue weighted by molar-refractivity contribution is 5.93. The van der Waals surface area contributed by atoms with Gasteiger partial charge in [-0.15, -0.1) is 0 Å². The van der Waals surface area contributed by atoms with Gasteiger partial charge in [0.05, 0.1) is 12.2 Å². The zero-order valence-electron chi connectivity index (χ0n) is 11.9. The van der Waals surface area contributed by atoms with E-state index in [1.807, 2.05) is 18.2 Å². The molecule has 3 heteroatoms. The first kappa shape index (κ1) is 13.9. The fourth-order valence-electron chi connectivity index (χ4n) is 2.57. The summed E-state index contributed by atoms with van der Waals surface area (Å²) in [5.74, 6) is 0.259. The Balaban J connectivity index is 2.03. The summed E-state index contributed by atoms with van der Waals surface area (Å²) in [6.07, 6.45) is 4.26. The number of fused-ring (bicyclic) bond motifs is 1. The van der Waals surface area contributed by atoms with Crippen LogP contribution in [-0.2, 0) is 11.2 Å². The molecule has 0 spiro atoms. The Morgan fingerprint density at radius 3 is 3.11 bits per heavy atom.